The summed E-state index contributed by atoms with van der Waals surface area (Å²) in [7, 11) is 0. The third-order valence-electron chi connectivity index (χ3n) is 2.38. The van der Waals surface area contributed by atoms with Crippen LogP contribution >= 0.6 is 0 Å². The Kier molecular flexibility index (Phi) is 3.69. The van der Waals surface area contributed by atoms with Crippen molar-refractivity contribution in [3.63, 3.8) is 0 Å². The van der Waals surface area contributed by atoms with Crippen molar-refractivity contribution in [2.24, 2.45) is 5.73 Å². The number of carbonyl (C=O) groups is 1. The Bertz CT molecular complexity index is 532. The van der Waals surface area contributed by atoms with Gasteiger partial charge < -0.3 is 11.1 Å². The highest BCUT2D eigenvalue weighted by Crippen LogP contribution is 2.17. The van der Waals surface area contributed by atoms with Crippen LogP contribution in [0, 0.1) is 0 Å². The van der Waals surface area contributed by atoms with E-state index in [1.165, 1.54) is 6.92 Å². The van der Waals surface area contributed by atoms with Gasteiger partial charge in [-0.3, -0.25) is 9.89 Å². The summed E-state index contributed by atoms with van der Waals surface area (Å²) in [4.78, 5) is 15.2. The Balaban J connectivity index is 2.15. The van der Waals surface area contributed by atoms with Crippen molar-refractivity contribution < 1.29 is 4.79 Å². The summed E-state index contributed by atoms with van der Waals surface area (Å²) < 4.78 is 0. The van der Waals surface area contributed by atoms with Crippen LogP contribution in [0.15, 0.2) is 24.3 Å². The van der Waals surface area contributed by atoms with Gasteiger partial charge in [-0.05, 0) is 30.8 Å². The van der Waals surface area contributed by atoms with Crippen LogP contribution in [0.1, 0.15) is 12.7 Å². The highest BCUT2D eigenvalue weighted by atomic mass is 16.1. The van der Waals surface area contributed by atoms with Gasteiger partial charge in [0.05, 0.1) is 0 Å². The first-order valence-electron chi connectivity index (χ1n) is 5.68. The second-order valence-electron chi connectivity index (χ2n) is 3.90. The van der Waals surface area contributed by atoms with Crippen molar-refractivity contribution in [1.29, 1.82) is 0 Å². The number of nitrogens with two attached hydrogens (primary N) is 1. The fourth-order valence-electron chi connectivity index (χ4n) is 1.58. The fourth-order valence-corrected chi connectivity index (χ4v) is 1.58. The SMILES string of the molecule is CC(=O)Nc1ccc(-c2n[nH]c(CCN)n2)cc1. The molecule has 0 fully saturated rings. The number of benzene rings is 1. The lowest BCUT2D eigenvalue weighted by molar-refractivity contribution is -0.114. The number of rotatable bonds is 4. The van der Waals surface area contributed by atoms with E-state index in [1.54, 1.807) is 0 Å². The molecule has 2 aromatic rings. The second kappa shape index (κ2) is 5.42. The number of anilines is 1. The first kappa shape index (κ1) is 12.3. The van der Waals surface area contributed by atoms with Crippen LogP contribution in [0.5, 0.6) is 0 Å². The van der Waals surface area contributed by atoms with Crippen molar-refractivity contribution in [3.8, 4) is 11.4 Å². The molecule has 6 nitrogen and oxygen atoms in total. The molecule has 1 amide bonds. The lowest BCUT2D eigenvalue weighted by Crippen LogP contribution is -2.05. The highest BCUT2D eigenvalue weighted by Gasteiger charge is 2.05. The lowest BCUT2D eigenvalue weighted by Gasteiger charge is -2.01. The smallest absolute Gasteiger partial charge is 0.221 e. The van der Waals surface area contributed by atoms with E-state index in [0.29, 0.717) is 18.8 Å². The van der Waals surface area contributed by atoms with Crippen LogP contribution < -0.4 is 11.1 Å². The van der Waals surface area contributed by atoms with Crippen LogP contribution in [-0.4, -0.2) is 27.6 Å². The molecule has 6 heteroatoms. The third kappa shape index (κ3) is 2.92. The topological polar surface area (TPSA) is 96.7 Å². The summed E-state index contributed by atoms with van der Waals surface area (Å²) in [6.45, 7) is 2.01. The van der Waals surface area contributed by atoms with Gasteiger partial charge in [-0.2, -0.15) is 5.10 Å². The zero-order valence-corrected chi connectivity index (χ0v) is 10.1. The molecule has 4 N–H and O–H groups in total. The van der Waals surface area contributed by atoms with Gasteiger partial charge in [-0.15, -0.1) is 0 Å². The molecule has 1 aromatic heterocycles. The van der Waals surface area contributed by atoms with Crippen LogP contribution in [0.2, 0.25) is 0 Å². The molecule has 0 aliphatic rings. The number of hydrogen-bond acceptors (Lipinski definition) is 4. The predicted octanol–water partition coefficient (Wildman–Crippen LogP) is 0.931. The molecular formula is C12H15N5O. The molecule has 2 rings (SSSR count). The fraction of sp³-hybridized carbons (Fsp3) is 0.250. The molecule has 94 valence electrons. The Morgan fingerprint density at radius 2 is 2.11 bits per heavy atom. The number of nitrogens with one attached hydrogen (secondary N) is 2. The van der Waals surface area contributed by atoms with E-state index < -0.39 is 0 Å². The van der Waals surface area contributed by atoms with E-state index in [-0.39, 0.29) is 5.91 Å². The van der Waals surface area contributed by atoms with Crippen molar-refractivity contribution in [2.75, 3.05) is 11.9 Å². The molecule has 0 spiro atoms. The van der Waals surface area contributed by atoms with Crippen molar-refractivity contribution in [2.45, 2.75) is 13.3 Å². The summed E-state index contributed by atoms with van der Waals surface area (Å²) in [5.74, 6) is 1.32. The van der Waals surface area contributed by atoms with Gasteiger partial charge in [-0.1, -0.05) is 0 Å². The minimum atomic E-state index is -0.0918. The first-order chi connectivity index (χ1) is 8.69. The van der Waals surface area contributed by atoms with E-state index in [4.69, 9.17) is 5.73 Å². The van der Waals surface area contributed by atoms with E-state index in [1.807, 2.05) is 24.3 Å². The summed E-state index contributed by atoms with van der Waals surface area (Å²) in [5, 5.41) is 9.66. The zero-order valence-electron chi connectivity index (χ0n) is 10.1. The number of nitrogens with zero attached hydrogens (tertiary/aromatic N) is 2. The van der Waals surface area contributed by atoms with Crippen LogP contribution in [-0.2, 0) is 11.2 Å². The van der Waals surface area contributed by atoms with E-state index in [2.05, 4.69) is 20.5 Å². The van der Waals surface area contributed by atoms with Gasteiger partial charge in [-0.25, -0.2) is 4.98 Å². The maximum Gasteiger partial charge on any atom is 0.221 e. The van der Waals surface area contributed by atoms with Crippen molar-refractivity contribution >= 4 is 11.6 Å². The van der Waals surface area contributed by atoms with Gasteiger partial charge in [0.25, 0.3) is 0 Å². The van der Waals surface area contributed by atoms with Crippen molar-refractivity contribution in [3.05, 3.63) is 30.1 Å². The summed E-state index contributed by atoms with van der Waals surface area (Å²) in [5.41, 5.74) is 7.09. The molecule has 0 atom stereocenters. The molecule has 18 heavy (non-hydrogen) atoms. The molecule has 1 heterocycles. The lowest BCUT2D eigenvalue weighted by atomic mass is 10.2. The molecule has 0 bridgehead atoms. The third-order valence-corrected chi connectivity index (χ3v) is 2.38. The number of carbonyl (C=O) groups excluding carboxylic acids is 1. The average Bonchev–Trinajstić information content (AvgIpc) is 2.78. The van der Waals surface area contributed by atoms with Gasteiger partial charge in [0.15, 0.2) is 5.82 Å². The largest absolute Gasteiger partial charge is 0.330 e. The number of hydrogen-bond donors (Lipinski definition) is 3. The van der Waals surface area contributed by atoms with E-state index >= 15 is 0 Å². The van der Waals surface area contributed by atoms with Gasteiger partial charge in [0.1, 0.15) is 5.82 Å². The van der Waals surface area contributed by atoms with Crippen LogP contribution in [0.3, 0.4) is 0 Å². The molecule has 1 aromatic carbocycles. The first-order valence-corrected chi connectivity index (χ1v) is 5.68. The normalized spacial score (nSPS) is 10.3. The number of amides is 1. The average molecular weight is 245 g/mol. The minimum Gasteiger partial charge on any atom is -0.330 e. The van der Waals surface area contributed by atoms with E-state index in [9.17, 15) is 4.79 Å². The quantitative estimate of drug-likeness (QED) is 0.746. The summed E-state index contributed by atoms with van der Waals surface area (Å²) in [6, 6.07) is 7.35. The molecule has 0 saturated carbocycles. The van der Waals surface area contributed by atoms with Crippen molar-refractivity contribution in [1.82, 2.24) is 15.2 Å². The van der Waals surface area contributed by atoms with Crippen LogP contribution in [0.4, 0.5) is 5.69 Å². The predicted molar refractivity (Wildman–Crippen MR) is 68.9 cm³/mol. The second-order valence-corrected chi connectivity index (χ2v) is 3.90. The monoisotopic (exact) mass is 245 g/mol. The standard InChI is InChI=1S/C12H15N5O/c1-8(18)14-10-4-2-9(3-5-10)12-15-11(6-7-13)16-17-12/h2-5H,6-7,13H2,1H3,(H,14,18)(H,15,16,17). The van der Waals surface area contributed by atoms with Gasteiger partial charge in [0, 0.05) is 24.6 Å². The summed E-state index contributed by atoms with van der Waals surface area (Å²) >= 11 is 0. The Labute approximate surface area is 105 Å². The van der Waals surface area contributed by atoms with Gasteiger partial charge >= 0.3 is 0 Å². The molecule has 0 aliphatic carbocycles. The van der Waals surface area contributed by atoms with Crippen LogP contribution in [0.25, 0.3) is 11.4 Å². The molecule has 0 unspecified atom stereocenters. The molecule has 0 radical (unpaired) electrons. The Hall–Kier alpha value is -2.21. The zero-order chi connectivity index (χ0) is 13.0. The van der Waals surface area contributed by atoms with Gasteiger partial charge in [0.2, 0.25) is 5.91 Å². The number of H-pyrrole nitrogens is 1. The molecule has 0 saturated heterocycles. The minimum absolute atomic E-state index is 0.0918. The maximum absolute atomic E-state index is 10.9. The number of aromatic nitrogens is 3. The molecular weight excluding hydrogens is 230 g/mol. The van der Waals surface area contributed by atoms with E-state index in [0.717, 1.165) is 17.1 Å². The maximum atomic E-state index is 10.9. The Morgan fingerprint density at radius 1 is 1.39 bits per heavy atom. The summed E-state index contributed by atoms with van der Waals surface area (Å²) in [6.07, 6.45) is 0.678. The molecule has 0 aliphatic heterocycles. The highest BCUT2D eigenvalue weighted by molar-refractivity contribution is 5.88. The number of aromatic amines is 1. The Morgan fingerprint density at radius 3 is 2.72 bits per heavy atom.